The zero-order valence-electron chi connectivity index (χ0n) is 13.8. The molecule has 0 aromatic heterocycles. The number of carbonyl (C=O) groups excluding carboxylic acids is 1. The average molecular weight is 311 g/mol. The van der Waals surface area contributed by atoms with Crippen molar-refractivity contribution in [2.24, 2.45) is 5.92 Å². The SMILES string of the molecule is CCCN(C)CC(=O)NC1CC(N(CC(=O)O)CC2CC2)C1. The van der Waals surface area contributed by atoms with Crippen molar-refractivity contribution in [1.29, 1.82) is 0 Å². The third-order valence-electron chi connectivity index (χ3n) is 4.54. The molecule has 0 saturated heterocycles. The molecule has 126 valence electrons. The van der Waals surface area contributed by atoms with Crippen LogP contribution in [-0.4, -0.2) is 72.1 Å². The summed E-state index contributed by atoms with van der Waals surface area (Å²) in [7, 11) is 1.96. The number of hydrogen-bond acceptors (Lipinski definition) is 4. The summed E-state index contributed by atoms with van der Waals surface area (Å²) in [5.74, 6) is 0.0105. The maximum atomic E-state index is 11.9. The minimum Gasteiger partial charge on any atom is -0.480 e. The van der Waals surface area contributed by atoms with Crippen LogP contribution in [0.5, 0.6) is 0 Å². The molecule has 1 amide bonds. The summed E-state index contributed by atoms with van der Waals surface area (Å²) in [4.78, 5) is 27.0. The van der Waals surface area contributed by atoms with Crippen LogP contribution in [0.4, 0.5) is 0 Å². The van der Waals surface area contributed by atoms with E-state index in [-0.39, 0.29) is 18.5 Å². The highest BCUT2D eigenvalue weighted by Gasteiger charge is 2.37. The molecule has 0 spiro atoms. The highest BCUT2D eigenvalue weighted by atomic mass is 16.4. The van der Waals surface area contributed by atoms with Crippen molar-refractivity contribution >= 4 is 11.9 Å². The van der Waals surface area contributed by atoms with Gasteiger partial charge in [0, 0.05) is 18.6 Å². The number of likely N-dealkylation sites (N-methyl/N-ethyl adjacent to an activating group) is 1. The Kier molecular flexibility index (Phi) is 6.20. The first-order valence-corrected chi connectivity index (χ1v) is 8.41. The summed E-state index contributed by atoms with van der Waals surface area (Å²) in [5, 5.41) is 12.1. The van der Waals surface area contributed by atoms with Gasteiger partial charge in [0.2, 0.25) is 5.91 Å². The standard InChI is InChI=1S/C16H29N3O3/c1-3-6-18(2)10-15(20)17-13-7-14(8-13)19(11-16(21)22)9-12-4-5-12/h12-14H,3-11H2,1-2H3,(H,17,20)(H,21,22). The van der Waals surface area contributed by atoms with Gasteiger partial charge in [-0.05, 0) is 51.6 Å². The second-order valence-corrected chi connectivity index (χ2v) is 6.89. The number of carbonyl (C=O) groups is 2. The molecule has 0 radical (unpaired) electrons. The Balaban J connectivity index is 1.68. The van der Waals surface area contributed by atoms with E-state index in [1.165, 1.54) is 12.8 Å². The fraction of sp³-hybridized carbons (Fsp3) is 0.875. The van der Waals surface area contributed by atoms with Crippen LogP contribution in [-0.2, 0) is 9.59 Å². The van der Waals surface area contributed by atoms with Crippen molar-refractivity contribution in [2.45, 2.75) is 51.1 Å². The van der Waals surface area contributed by atoms with Gasteiger partial charge in [-0.1, -0.05) is 6.92 Å². The monoisotopic (exact) mass is 311 g/mol. The second-order valence-electron chi connectivity index (χ2n) is 6.89. The minimum absolute atomic E-state index is 0.0753. The zero-order chi connectivity index (χ0) is 16.1. The molecule has 2 N–H and O–H groups in total. The predicted octanol–water partition coefficient (Wildman–Crippen LogP) is 0.772. The quantitative estimate of drug-likeness (QED) is 0.623. The maximum absolute atomic E-state index is 11.9. The van der Waals surface area contributed by atoms with Crippen molar-refractivity contribution < 1.29 is 14.7 Å². The molecule has 0 aromatic carbocycles. The molecule has 0 bridgehead atoms. The van der Waals surface area contributed by atoms with Crippen molar-refractivity contribution in [3.63, 3.8) is 0 Å². The molecule has 2 fully saturated rings. The zero-order valence-corrected chi connectivity index (χ0v) is 13.8. The van der Waals surface area contributed by atoms with Gasteiger partial charge in [0.1, 0.15) is 0 Å². The summed E-state index contributed by atoms with van der Waals surface area (Å²) < 4.78 is 0. The molecule has 22 heavy (non-hydrogen) atoms. The lowest BCUT2D eigenvalue weighted by molar-refractivity contribution is -0.140. The number of carboxylic acid groups (broad SMARTS) is 1. The molecular formula is C16H29N3O3. The summed E-state index contributed by atoms with van der Waals surface area (Å²) in [6.07, 6.45) is 5.26. The Morgan fingerprint density at radius 3 is 2.45 bits per heavy atom. The van der Waals surface area contributed by atoms with Gasteiger partial charge in [-0.3, -0.25) is 19.4 Å². The van der Waals surface area contributed by atoms with E-state index in [4.69, 9.17) is 5.11 Å². The van der Waals surface area contributed by atoms with Crippen LogP contribution in [0.25, 0.3) is 0 Å². The molecule has 2 aliphatic rings. The van der Waals surface area contributed by atoms with E-state index in [0.717, 1.165) is 32.4 Å². The van der Waals surface area contributed by atoms with Gasteiger partial charge in [0.05, 0.1) is 13.1 Å². The molecule has 0 atom stereocenters. The number of aliphatic carboxylic acids is 1. The lowest BCUT2D eigenvalue weighted by Gasteiger charge is -2.42. The van der Waals surface area contributed by atoms with Crippen LogP contribution >= 0.6 is 0 Å². The van der Waals surface area contributed by atoms with Crippen molar-refractivity contribution in [3.05, 3.63) is 0 Å². The summed E-state index contributed by atoms with van der Waals surface area (Å²) >= 11 is 0. The third-order valence-corrected chi connectivity index (χ3v) is 4.54. The third kappa shape index (κ3) is 5.57. The van der Waals surface area contributed by atoms with Crippen LogP contribution in [0.3, 0.4) is 0 Å². The summed E-state index contributed by atoms with van der Waals surface area (Å²) in [6, 6.07) is 0.526. The number of rotatable bonds is 10. The molecule has 0 aromatic rings. The van der Waals surface area contributed by atoms with Crippen LogP contribution in [0.1, 0.15) is 39.0 Å². The first-order valence-electron chi connectivity index (χ1n) is 8.41. The Labute approximate surface area is 132 Å². The maximum Gasteiger partial charge on any atom is 0.317 e. The van der Waals surface area contributed by atoms with Crippen molar-refractivity contribution in [1.82, 2.24) is 15.1 Å². The smallest absolute Gasteiger partial charge is 0.317 e. The number of amides is 1. The van der Waals surface area contributed by atoms with E-state index >= 15 is 0 Å². The van der Waals surface area contributed by atoms with Crippen LogP contribution in [0.2, 0.25) is 0 Å². The minimum atomic E-state index is -0.755. The Morgan fingerprint density at radius 1 is 1.23 bits per heavy atom. The molecule has 2 aliphatic carbocycles. The van der Waals surface area contributed by atoms with Gasteiger partial charge in [0.25, 0.3) is 0 Å². The van der Waals surface area contributed by atoms with E-state index in [1.54, 1.807) is 0 Å². The topological polar surface area (TPSA) is 72.9 Å². The molecule has 0 unspecified atom stereocenters. The largest absolute Gasteiger partial charge is 0.480 e. The highest BCUT2D eigenvalue weighted by molar-refractivity contribution is 5.78. The Hall–Kier alpha value is -1.14. The molecular weight excluding hydrogens is 282 g/mol. The first kappa shape index (κ1) is 17.2. The molecule has 2 rings (SSSR count). The van der Waals surface area contributed by atoms with Crippen molar-refractivity contribution in [3.8, 4) is 0 Å². The van der Waals surface area contributed by atoms with E-state index < -0.39 is 5.97 Å². The molecule has 6 heteroatoms. The first-order chi connectivity index (χ1) is 10.5. The summed E-state index contributed by atoms with van der Waals surface area (Å²) in [5.41, 5.74) is 0. The summed E-state index contributed by atoms with van der Waals surface area (Å²) in [6.45, 7) is 4.49. The van der Waals surface area contributed by atoms with Gasteiger partial charge in [-0.15, -0.1) is 0 Å². The molecule has 2 saturated carbocycles. The average Bonchev–Trinajstić information content (AvgIpc) is 3.16. The predicted molar refractivity (Wildman–Crippen MR) is 84.7 cm³/mol. The fourth-order valence-corrected chi connectivity index (χ4v) is 3.13. The fourth-order valence-electron chi connectivity index (χ4n) is 3.13. The highest BCUT2D eigenvalue weighted by Crippen LogP contribution is 2.33. The van der Waals surface area contributed by atoms with E-state index in [1.807, 2.05) is 11.9 Å². The van der Waals surface area contributed by atoms with Gasteiger partial charge < -0.3 is 10.4 Å². The number of nitrogens with one attached hydrogen (secondary N) is 1. The molecule has 0 heterocycles. The lowest BCUT2D eigenvalue weighted by Crippen LogP contribution is -2.56. The normalized spacial score (nSPS) is 24.4. The number of hydrogen-bond donors (Lipinski definition) is 2. The van der Waals surface area contributed by atoms with E-state index in [9.17, 15) is 9.59 Å². The molecule has 6 nitrogen and oxygen atoms in total. The second kappa shape index (κ2) is 7.92. The Morgan fingerprint density at radius 2 is 1.91 bits per heavy atom. The van der Waals surface area contributed by atoms with Gasteiger partial charge in [-0.25, -0.2) is 0 Å². The van der Waals surface area contributed by atoms with Gasteiger partial charge in [0.15, 0.2) is 0 Å². The Bertz CT molecular complexity index is 392. The van der Waals surface area contributed by atoms with E-state index in [2.05, 4.69) is 17.1 Å². The van der Waals surface area contributed by atoms with E-state index in [0.29, 0.717) is 18.5 Å². The van der Waals surface area contributed by atoms with Gasteiger partial charge >= 0.3 is 5.97 Å². The van der Waals surface area contributed by atoms with Crippen molar-refractivity contribution in [2.75, 3.05) is 33.2 Å². The number of carboxylic acids is 1. The van der Waals surface area contributed by atoms with Crippen LogP contribution in [0.15, 0.2) is 0 Å². The van der Waals surface area contributed by atoms with Crippen LogP contribution in [0, 0.1) is 5.92 Å². The lowest BCUT2D eigenvalue weighted by atomic mass is 9.85. The van der Waals surface area contributed by atoms with Crippen LogP contribution < -0.4 is 5.32 Å². The van der Waals surface area contributed by atoms with Gasteiger partial charge in [-0.2, -0.15) is 0 Å². The number of nitrogens with zero attached hydrogens (tertiary/aromatic N) is 2. The molecule has 0 aliphatic heterocycles.